The molecular formula is C52H46N2O. The van der Waals surface area contributed by atoms with Crippen molar-refractivity contribution in [1.82, 2.24) is 9.38 Å². The van der Waals surface area contributed by atoms with Crippen LogP contribution in [0.5, 0.6) is 11.5 Å². The maximum absolute atomic E-state index is 6.81. The summed E-state index contributed by atoms with van der Waals surface area (Å²) in [5, 5.41) is 3.56. The predicted molar refractivity (Wildman–Crippen MR) is 227 cm³/mol. The number of hydrogen-bond acceptors (Lipinski definition) is 2. The summed E-state index contributed by atoms with van der Waals surface area (Å²) in [6.07, 6.45) is 15.3. The largest absolute Gasteiger partial charge is 0.457 e. The number of benzene rings is 6. The molecule has 55 heavy (non-hydrogen) atoms. The van der Waals surface area contributed by atoms with E-state index in [9.17, 15) is 0 Å². The van der Waals surface area contributed by atoms with Gasteiger partial charge in [0.1, 0.15) is 17.1 Å². The molecule has 11 rings (SSSR count). The highest BCUT2D eigenvalue weighted by Crippen LogP contribution is 2.50. The minimum absolute atomic E-state index is 0.178. The minimum atomic E-state index is 0.178. The fourth-order valence-corrected chi connectivity index (χ4v) is 10.6. The van der Waals surface area contributed by atoms with Crippen molar-refractivity contribution in [2.24, 2.45) is 0 Å². The SMILES string of the molecule is c1ccc(C2c3ccccc3-c3ccc(Oc4ccc5c6ccccc6n6c(-c7c(C8CCCCC8)cccc7C7CCCCC7)cnc6c5c4)cc32)cc1. The van der Waals surface area contributed by atoms with Crippen molar-refractivity contribution < 1.29 is 4.74 Å². The number of fused-ring (bicyclic) bond motifs is 9. The lowest BCUT2D eigenvalue weighted by Gasteiger charge is -2.29. The molecule has 0 amide bonds. The van der Waals surface area contributed by atoms with E-state index in [0.29, 0.717) is 11.8 Å². The third kappa shape index (κ3) is 5.50. The number of aromatic nitrogens is 2. The average molecular weight is 715 g/mol. The maximum atomic E-state index is 6.81. The molecule has 1 atom stereocenters. The van der Waals surface area contributed by atoms with E-state index in [1.165, 1.54) is 120 Å². The van der Waals surface area contributed by atoms with Gasteiger partial charge in [-0.15, -0.1) is 0 Å². The van der Waals surface area contributed by atoms with Crippen LogP contribution in [0.1, 0.15) is 110 Å². The van der Waals surface area contributed by atoms with E-state index in [4.69, 9.17) is 9.72 Å². The Balaban J connectivity index is 1.06. The molecule has 0 spiro atoms. The van der Waals surface area contributed by atoms with Gasteiger partial charge in [-0.1, -0.05) is 136 Å². The highest BCUT2D eigenvalue weighted by atomic mass is 16.5. The van der Waals surface area contributed by atoms with Crippen molar-refractivity contribution in [2.75, 3.05) is 0 Å². The zero-order valence-corrected chi connectivity index (χ0v) is 31.4. The number of imidazole rings is 1. The van der Waals surface area contributed by atoms with Crippen LogP contribution in [0.15, 0.2) is 140 Å². The summed E-state index contributed by atoms with van der Waals surface area (Å²) in [4.78, 5) is 5.32. The zero-order chi connectivity index (χ0) is 36.3. The third-order valence-corrected chi connectivity index (χ3v) is 13.2. The molecule has 2 heterocycles. The van der Waals surface area contributed by atoms with E-state index in [-0.39, 0.29) is 5.92 Å². The summed E-state index contributed by atoms with van der Waals surface area (Å²) in [5.41, 5.74) is 14.5. The molecule has 270 valence electrons. The Morgan fingerprint density at radius 1 is 0.491 bits per heavy atom. The van der Waals surface area contributed by atoms with Crippen LogP contribution in [0, 0.1) is 0 Å². The first-order valence-corrected chi connectivity index (χ1v) is 20.7. The topological polar surface area (TPSA) is 26.5 Å². The Hall–Kier alpha value is -5.67. The van der Waals surface area contributed by atoms with Crippen LogP contribution in [-0.4, -0.2) is 9.38 Å². The fourth-order valence-electron chi connectivity index (χ4n) is 10.6. The van der Waals surface area contributed by atoms with Gasteiger partial charge in [0, 0.05) is 22.3 Å². The van der Waals surface area contributed by atoms with Crippen molar-refractivity contribution >= 4 is 27.3 Å². The van der Waals surface area contributed by atoms with Gasteiger partial charge in [0.25, 0.3) is 0 Å². The van der Waals surface area contributed by atoms with E-state index in [0.717, 1.165) is 22.5 Å². The summed E-state index contributed by atoms with van der Waals surface area (Å²) in [6, 6.07) is 49.1. The van der Waals surface area contributed by atoms with Gasteiger partial charge in [-0.25, -0.2) is 4.98 Å². The van der Waals surface area contributed by atoms with Crippen molar-refractivity contribution in [2.45, 2.75) is 82.0 Å². The molecule has 3 aliphatic carbocycles. The standard InChI is InChI=1S/C52H46N2O/c1-4-15-34(16-5-1)39-24-14-25-40(35-17-6-2-7-18-35)51(39)49-33-53-52-47-32-38(28-30-43(47)44-22-12-13-26-48(44)54(49)52)55-37-27-29-42-41-21-10-11-23-45(41)50(46(42)31-37)36-19-8-3-9-20-36/h3,8-14,19-35,50H,1-2,4-7,15-18H2. The Morgan fingerprint density at radius 2 is 1.13 bits per heavy atom. The normalized spacial score (nSPS) is 17.5. The maximum Gasteiger partial charge on any atom is 0.145 e. The number of para-hydroxylation sites is 1. The van der Waals surface area contributed by atoms with Crippen LogP contribution in [0.25, 0.3) is 49.7 Å². The molecule has 0 bridgehead atoms. The molecule has 3 aliphatic rings. The first-order valence-electron chi connectivity index (χ1n) is 20.7. The van der Waals surface area contributed by atoms with E-state index in [1.807, 2.05) is 0 Å². The van der Waals surface area contributed by atoms with Gasteiger partial charge < -0.3 is 4.74 Å². The summed E-state index contributed by atoms with van der Waals surface area (Å²) in [7, 11) is 0. The van der Waals surface area contributed by atoms with Gasteiger partial charge in [0.15, 0.2) is 0 Å². The molecule has 1 unspecified atom stereocenters. The van der Waals surface area contributed by atoms with E-state index < -0.39 is 0 Å². The number of nitrogens with zero attached hydrogens (tertiary/aromatic N) is 2. The lowest BCUT2D eigenvalue weighted by Crippen LogP contribution is -2.12. The molecular weight excluding hydrogens is 669 g/mol. The first-order chi connectivity index (χ1) is 27.3. The second-order valence-corrected chi connectivity index (χ2v) is 16.3. The predicted octanol–water partition coefficient (Wildman–Crippen LogP) is 14.4. The van der Waals surface area contributed by atoms with Gasteiger partial charge in [0.2, 0.25) is 0 Å². The number of rotatable bonds is 6. The quantitative estimate of drug-likeness (QED) is 0.160. The van der Waals surface area contributed by atoms with Crippen LogP contribution < -0.4 is 4.74 Å². The smallest absolute Gasteiger partial charge is 0.145 e. The number of pyridine rings is 1. The van der Waals surface area contributed by atoms with Crippen molar-refractivity contribution in [3.8, 4) is 33.9 Å². The Labute approximate surface area is 323 Å². The van der Waals surface area contributed by atoms with Crippen LogP contribution in [0.3, 0.4) is 0 Å². The third-order valence-electron chi connectivity index (χ3n) is 13.2. The van der Waals surface area contributed by atoms with Gasteiger partial charge in [0.05, 0.1) is 17.4 Å². The molecule has 0 saturated heterocycles. The second-order valence-electron chi connectivity index (χ2n) is 16.3. The van der Waals surface area contributed by atoms with E-state index in [1.54, 1.807) is 11.1 Å². The molecule has 3 heteroatoms. The Bertz CT molecular complexity index is 2680. The monoisotopic (exact) mass is 714 g/mol. The molecule has 2 saturated carbocycles. The molecule has 8 aromatic rings. The lowest BCUT2D eigenvalue weighted by atomic mass is 9.76. The molecule has 3 nitrogen and oxygen atoms in total. The zero-order valence-electron chi connectivity index (χ0n) is 31.4. The fraction of sp³-hybridized carbons (Fsp3) is 0.250. The van der Waals surface area contributed by atoms with Crippen LogP contribution in [0.2, 0.25) is 0 Å². The number of hydrogen-bond donors (Lipinski definition) is 0. The first kappa shape index (κ1) is 32.7. The van der Waals surface area contributed by atoms with Crippen LogP contribution >= 0.6 is 0 Å². The number of ether oxygens (including phenoxy) is 1. The molecule has 2 fully saturated rings. The van der Waals surface area contributed by atoms with Gasteiger partial charge in [-0.05, 0) is 118 Å². The molecule has 6 aromatic carbocycles. The summed E-state index contributed by atoms with van der Waals surface area (Å²) < 4.78 is 9.29. The Kier molecular flexibility index (Phi) is 8.07. The highest BCUT2D eigenvalue weighted by Gasteiger charge is 2.31. The van der Waals surface area contributed by atoms with Crippen molar-refractivity contribution in [3.63, 3.8) is 0 Å². The van der Waals surface area contributed by atoms with Crippen molar-refractivity contribution in [1.29, 1.82) is 0 Å². The van der Waals surface area contributed by atoms with Crippen LogP contribution in [-0.2, 0) is 0 Å². The summed E-state index contributed by atoms with van der Waals surface area (Å²) in [5.74, 6) is 3.06. The average Bonchev–Trinajstić information content (AvgIpc) is 3.84. The molecule has 0 aliphatic heterocycles. The molecule has 0 radical (unpaired) electrons. The lowest BCUT2D eigenvalue weighted by molar-refractivity contribution is 0.436. The molecule has 0 N–H and O–H groups in total. The van der Waals surface area contributed by atoms with E-state index >= 15 is 0 Å². The summed E-state index contributed by atoms with van der Waals surface area (Å²) in [6.45, 7) is 0. The van der Waals surface area contributed by atoms with Crippen molar-refractivity contribution in [3.05, 3.63) is 167 Å². The Morgan fingerprint density at radius 3 is 1.91 bits per heavy atom. The van der Waals surface area contributed by atoms with Crippen LogP contribution in [0.4, 0.5) is 0 Å². The highest BCUT2D eigenvalue weighted by molar-refractivity contribution is 6.12. The van der Waals surface area contributed by atoms with Gasteiger partial charge in [-0.3, -0.25) is 4.40 Å². The molecule has 2 aromatic heterocycles. The second kappa shape index (κ2) is 13.6. The minimum Gasteiger partial charge on any atom is -0.457 e. The summed E-state index contributed by atoms with van der Waals surface area (Å²) >= 11 is 0. The van der Waals surface area contributed by atoms with Gasteiger partial charge in [-0.2, -0.15) is 0 Å². The van der Waals surface area contributed by atoms with E-state index in [2.05, 4.69) is 144 Å². The van der Waals surface area contributed by atoms with Gasteiger partial charge >= 0.3 is 0 Å².